The van der Waals surface area contributed by atoms with E-state index in [9.17, 15) is 14.0 Å². The minimum absolute atomic E-state index is 0.0869. The number of para-hydroxylation sites is 1. The lowest BCUT2D eigenvalue weighted by molar-refractivity contribution is -0.122. The van der Waals surface area contributed by atoms with Crippen LogP contribution in [0.25, 0.3) is 11.8 Å². The molecule has 7 heteroatoms. The predicted molar refractivity (Wildman–Crippen MR) is 108 cm³/mol. The Morgan fingerprint density at radius 3 is 2.43 bits per heavy atom. The molecule has 2 aromatic carbocycles. The number of hydrogen-bond donors (Lipinski definition) is 1. The molecule has 138 valence electrons. The molecule has 0 atom stereocenters. The molecule has 1 aliphatic rings. The van der Waals surface area contributed by atoms with Gasteiger partial charge in [0.15, 0.2) is 5.11 Å². The fraction of sp³-hybridized carbons (Fsp3) is 0. The van der Waals surface area contributed by atoms with Crippen molar-refractivity contribution >= 4 is 40.9 Å². The minimum atomic E-state index is -0.611. The number of aromatic nitrogens is 1. The minimum Gasteiger partial charge on any atom is -0.317 e. The van der Waals surface area contributed by atoms with E-state index in [1.165, 1.54) is 24.3 Å². The smallest absolute Gasteiger partial charge is 0.270 e. The summed E-state index contributed by atoms with van der Waals surface area (Å²) in [6, 6.07) is 18.6. The van der Waals surface area contributed by atoms with E-state index < -0.39 is 17.6 Å². The van der Waals surface area contributed by atoms with Crippen molar-refractivity contribution in [1.82, 2.24) is 9.88 Å². The molecule has 0 saturated carbocycles. The van der Waals surface area contributed by atoms with Crippen molar-refractivity contribution in [2.24, 2.45) is 0 Å². The van der Waals surface area contributed by atoms with E-state index in [4.69, 9.17) is 12.2 Å². The topological polar surface area (TPSA) is 54.3 Å². The molecule has 3 aromatic rings. The van der Waals surface area contributed by atoms with Gasteiger partial charge in [-0.15, -0.1) is 0 Å². The summed E-state index contributed by atoms with van der Waals surface area (Å²) in [7, 11) is 0. The molecule has 1 aliphatic heterocycles. The first kappa shape index (κ1) is 17.8. The summed E-state index contributed by atoms with van der Waals surface area (Å²) in [5.41, 5.74) is 1.70. The van der Waals surface area contributed by atoms with Gasteiger partial charge in [0.05, 0.1) is 5.69 Å². The number of carbonyl (C=O) groups is 2. The average molecular weight is 391 g/mol. The zero-order valence-electron chi connectivity index (χ0n) is 14.5. The van der Waals surface area contributed by atoms with Crippen molar-refractivity contribution < 1.29 is 14.0 Å². The number of halogens is 1. The lowest BCUT2D eigenvalue weighted by Gasteiger charge is -2.29. The van der Waals surface area contributed by atoms with Crippen LogP contribution in [0.2, 0.25) is 0 Å². The lowest BCUT2D eigenvalue weighted by Crippen LogP contribution is -2.54. The molecule has 1 saturated heterocycles. The van der Waals surface area contributed by atoms with Gasteiger partial charge >= 0.3 is 0 Å². The van der Waals surface area contributed by atoms with E-state index >= 15 is 0 Å². The monoisotopic (exact) mass is 391 g/mol. The van der Waals surface area contributed by atoms with Gasteiger partial charge in [-0.1, -0.05) is 24.3 Å². The van der Waals surface area contributed by atoms with Crippen LogP contribution in [0.3, 0.4) is 0 Å². The molecule has 1 aromatic heterocycles. The molecule has 1 fully saturated rings. The molecule has 1 N–H and O–H groups in total. The Kier molecular flexibility index (Phi) is 4.58. The molecule has 0 bridgehead atoms. The Morgan fingerprint density at radius 1 is 0.929 bits per heavy atom. The fourth-order valence-electron chi connectivity index (χ4n) is 2.99. The number of thiocarbonyl (C=S) groups is 1. The van der Waals surface area contributed by atoms with Crippen LogP contribution < -0.4 is 10.2 Å². The highest BCUT2D eigenvalue weighted by Gasteiger charge is 2.34. The summed E-state index contributed by atoms with van der Waals surface area (Å²) in [6.45, 7) is 0. The van der Waals surface area contributed by atoms with Crippen molar-refractivity contribution in [3.63, 3.8) is 0 Å². The zero-order chi connectivity index (χ0) is 19.7. The molecule has 2 heterocycles. The van der Waals surface area contributed by atoms with Gasteiger partial charge < -0.3 is 4.57 Å². The first-order chi connectivity index (χ1) is 13.5. The van der Waals surface area contributed by atoms with Gasteiger partial charge in [-0.25, -0.2) is 4.39 Å². The number of rotatable bonds is 3. The van der Waals surface area contributed by atoms with Gasteiger partial charge in [0, 0.05) is 17.6 Å². The maximum Gasteiger partial charge on any atom is 0.270 e. The van der Waals surface area contributed by atoms with E-state index in [0.29, 0.717) is 5.69 Å². The largest absolute Gasteiger partial charge is 0.317 e. The summed E-state index contributed by atoms with van der Waals surface area (Å²) >= 11 is 5.13. The summed E-state index contributed by atoms with van der Waals surface area (Å²) < 4.78 is 15.5. The second-order valence-electron chi connectivity index (χ2n) is 6.08. The van der Waals surface area contributed by atoms with E-state index in [1.807, 2.05) is 47.2 Å². The van der Waals surface area contributed by atoms with Crippen LogP contribution in [-0.2, 0) is 9.59 Å². The van der Waals surface area contributed by atoms with Crippen LogP contribution in [0.1, 0.15) is 5.69 Å². The highest BCUT2D eigenvalue weighted by atomic mass is 32.1. The summed E-state index contributed by atoms with van der Waals surface area (Å²) in [6.07, 6.45) is 3.33. The summed E-state index contributed by atoms with van der Waals surface area (Å²) in [4.78, 5) is 26.6. The zero-order valence-corrected chi connectivity index (χ0v) is 15.3. The molecule has 0 spiro atoms. The number of anilines is 1. The second kappa shape index (κ2) is 7.21. The van der Waals surface area contributed by atoms with Crippen LogP contribution in [0, 0.1) is 5.82 Å². The molecule has 0 aliphatic carbocycles. The predicted octanol–water partition coefficient (Wildman–Crippen LogP) is 3.45. The highest BCUT2D eigenvalue weighted by molar-refractivity contribution is 7.80. The van der Waals surface area contributed by atoms with E-state index in [0.717, 1.165) is 10.6 Å². The van der Waals surface area contributed by atoms with Gasteiger partial charge in [0.1, 0.15) is 11.4 Å². The number of carbonyl (C=O) groups excluding carboxylic acids is 2. The molecule has 4 rings (SSSR count). The summed E-state index contributed by atoms with van der Waals surface area (Å²) in [5.74, 6) is -1.71. The van der Waals surface area contributed by atoms with Crippen molar-refractivity contribution in [1.29, 1.82) is 0 Å². The molecule has 28 heavy (non-hydrogen) atoms. The van der Waals surface area contributed by atoms with Crippen LogP contribution in [0.5, 0.6) is 0 Å². The number of benzene rings is 2. The Hall–Kier alpha value is -3.58. The number of amides is 2. The molecular formula is C21H14FN3O2S. The van der Waals surface area contributed by atoms with E-state index in [1.54, 1.807) is 12.1 Å². The van der Waals surface area contributed by atoms with E-state index in [2.05, 4.69) is 5.32 Å². The van der Waals surface area contributed by atoms with Gasteiger partial charge in [0.2, 0.25) is 0 Å². The molecule has 0 unspecified atom stereocenters. The van der Waals surface area contributed by atoms with Crippen LogP contribution in [-0.4, -0.2) is 21.5 Å². The second-order valence-corrected chi connectivity index (χ2v) is 6.46. The number of nitrogens with one attached hydrogen (secondary N) is 1. The van der Waals surface area contributed by atoms with Crippen LogP contribution in [0.15, 0.2) is 78.5 Å². The highest BCUT2D eigenvalue weighted by Crippen LogP contribution is 2.23. The third-order valence-electron chi connectivity index (χ3n) is 4.27. The Labute approximate surface area is 165 Å². The van der Waals surface area contributed by atoms with Crippen molar-refractivity contribution in [3.8, 4) is 5.69 Å². The van der Waals surface area contributed by atoms with Crippen LogP contribution in [0.4, 0.5) is 10.1 Å². The quantitative estimate of drug-likeness (QED) is 0.423. The number of hydrogen-bond acceptors (Lipinski definition) is 3. The fourth-order valence-corrected chi connectivity index (χ4v) is 3.27. The standard InChI is InChI=1S/C21H14FN3O2S/c22-14-6-4-9-17(12-14)25-20(27)18(19(26)23-21(25)28)13-16-10-5-11-24(16)15-7-2-1-3-8-15/h1-13H,(H,23,26,28)/b18-13-. The third-order valence-corrected chi connectivity index (χ3v) is 4.56. The first-order valence-electron chi connectivity index (χ1n) is 8.44. The number of nitrogens with zero attached hydrogens (tertiary/aromatic N) is 2. The van der Waals surface area contributed by atoms with Crippen molar-refractivity contribution in [3.05, 3.63) is 90.0 Å². The van der Waals surface area contributed by atoms with E-state index in [-0.39, 0.29) is 16.4 Å². The molecule has 5 nitrogen and oxygen atoms in total. The Balaban J connectivity index is 1.76. The SMILES string of the molecule is O=C1NC(=S)N(c2cccc(F)c2)C(=O)/C1=C\c1cccn1-c1ccccc1. The van der Waals surface area contributed by atoms with Crippen LogP contribution >= 0.6 is 12.2 Å². The summed E-state index contributed by atoms with van der Waals surface area (Å²) in [5, 5.41) is 2.41. The maximum atomic E-state index is 13.6. The van der Waals surface area contributed by atoms with Gasteiger partial charge in [-0.3, -0.25) is 19.8 Å². The molecule has 2 amide bonds. The average Bonchev–Trinajstić information content (AvgIpc) is 3.14. The maximum absolute atomic E-state index is 13.6. The molecule has 0 radical (unpaired) electrons. The lowest BCUT2D eigenvalue weighted by atomic mass is 10.1. The van der Waals surface area contributed by atoms with Gasteiger partial charge in [-0.2, -0.15) is 0 Å². The van der Waals surface area contributed by atoms with Gasteiger partial charge in [0.25, 0.3) is 11.8 Å². The van der Waals surface area contributed by atoms with Gasteiger partial charge in [-0.05, 0) is 60.8 Å². The molecular weight excluding hydrogens is 377 g/mol. The normalized spacial score (nSPS) is 15.8. The third kappa shape index (κ3) is 3.23. The Morgan fingerprint density at radius 2 is 1.68 bits per heavy atom. The van der Waals surface area contributed by atoms with Crippen molar-refractivity contribution in [2.45, 2.75) is 0 Å². The van der Waals surface area contributed by atoms with Crippen molar-refractivity contribution in [2.75, 3.05) is 4.90 Å². The Bertz CT molecular complexity index is 1120. The first-order valence-corrected chi connectivity index (χ1v) is 8.85.